The van der Waals surface area contributed by atoms with Gasteiger partial charge in [0.15, 0.2) is 0 Å². The summed E-state index contributed by atoms with van der Waals surface area (Å²) in [7, 11) is 1.83. The first kappa shape index (κ1) is 15.1. The number of rotatable bonds is 3. The number of nitrogens with zero attached hydrogens (tertiary/aromatic N) is 1. The number of piperidine rings is 1. The Morgan fingerprint density at radius 3 is 2.89 bits per heavy atom. The molecule has 0 spiro atoms. The average Bonchev–Trinajstić information content (AvgIpc) is 2.81. The average molecular weight is 273 g/mol. The number of carbonyl (C=O) groups excluding carboxylic acids is 1. The highest BCUT2D eigenvalue weighted by atomic mass is 35.5. The van der Waals surface area contributed by atoms with Crippen molar-refractivity contribution in [1.82, 2.24) is 10.2 Å². The van der Waals surface area contributed by atoms with Gasteiger partial charge in [-0.3, -0.25) is 4.79 Å². The lowest BCUT2D eigenvalue weighted by atomic mass is 9.89. The van der Waals surface area contributed by atoms with Gasteiger partial charge in [-0.15, -0.1) is 12.4 Å². The Morgan fingerprint density at radius 1 is 1.56 bits per heavy atom. The first-order valence-electron chi connectivity index (χ1n) is 6.15. The molecule has 1 amide bonds. The van der Waals surface area contributed by atoms with E-state index in [0.29, 0.717) is 6.54 Å². The minimum atomic E-state index is -0.403. The molecule has 1 aliphatic heterocycles. The quantitative estimate of drug-likeness (QED) is 0.917. The van der Waals surface area contributed by atoms with Crippen LogP contribution in [-0.4, -0.2) is 29.9 Å². The second-order valence-corrected chi connectivity index (χ2v) is 4.96. The Hall–Kier alpha value is -1.00. The van der Waals surface area contributed by atoms with E-state index in [1.54, 1.807) is 11.2 Å². The molecule has 0 aliphatic carbocycles. The molecule has 0 bridgehead atoms. The van der Waals surface area contributed by atoms with Crippen LogP contribution in [0.15, 0.2) is 22.8 Å². The summed E-state index contributed by atoms with van der Waals surface area (Å²) in [6.07, 6.45) is 4.82. The second kappa shape index (κ2) is 6.25. The maximum absolute atomic E-state index is 12.4. The van der Waals surface area contributed by atoms with Crippen molar-refractivity contribution in [1.29, 1.82) is 0 Å². The highest BCUT2D eigenvalue weighted by Gasteiger charge is 2.36. The van der Waals surface area contributed by atoms with Crippen LogP contribution in [0.3, 0.4) is 0 Å². The molecule has 1 N–H and O–H groups in total. The number of nitrogens with one attached hydrogen (secondary N) is 1. The largest absolute Gasteiger partial charge is 0.467 e. The van der Waals surface area contributed by atoms with Crippen LogP contribution in [-0.2, 0) is 11.3 Å². The lowest BCUT2D eigenvalue weighted by Gasteiger charge is -2.36. The zero-order valence-electron chi connectivity index (χ0n) is 10.9. The third kappa shape index (κ3) is 3.27. The fourth-order valence-electron chi connectivity index (χ4n) is 2.37. The Kier molecular flexibility index (Phi) is 5.23. The van der Waals surface area contributed by atoms with Crippen molar-refractivity contribution in [3.8, 4) is 0 Å². The highest BCUT2D eigenvalue weighted by molar-refractivity contribution is 5.86. The number of halogens is 1. The molecule has 2 heterocycles. The van der Waals surface area contributed by atoms with E-state index in [2.05, 4.69) is 5.32 Å². The van der Waals surface area contributed by atoms with Gasteiger partial charge < -0.3 is 14.6 Å². The van der Waals surface area contributed by atoms with Gasteiger partial charge in [0.2, 0.25) is 5.91 Å². The lowest BCUT2D eigenvalue weighted by molar-refractivity contribution is -0.138. The Balaban J connectivity index is 0.00000162. The van der Waals surface area contributed by atoms with Crippen LogP contribution in [0.2, 0.25) is 0 Å². The van der Waals surface area contributed by atoms with Gasteiger partial charge in [0.05, 0.1) is 18.3 Å². The Labute approximate surface area is 114 Å². The number of amides is 1. The summed E-state index contributed by atoms with van der Waals surface area (Å²) in [5.41, 5.74) is -0.403. The van der Waals surface area contributed by atoms with Gasteiger partial charge in [-0.05, 0) is 44.9 Å². The van der Waals surface area contributed by atoms with Crippen LogP contribution < -0.4 is 5.32 Å². The van der Waals surface area contributed by atoms with E-state index in [0.717, 1.165) is 31.6 Å². The van der Waals surface area contributed by atoms with Crippen molar-refractivity contribution < 1.29 is 9.21 Å². The van der Waals surface area contributed by atoms with Gasteiger partial charge >= 0.3 is 0 Å². The van der Waals surface area contributed by atoms with E-state index in [-0.39, 0.29) is 18.3 Å². The maximum Gasteiger partial charge on any atom is 0.242 e. The zero-order valence-corrected chi connectivity index (χ0v) is 11.8. The third-order valence-electron chi connectivity index (χ3n) is 3.41. The molecule has 0 saturated carbocycles. The number of likely N-dealkylation sites (N-methyl/N-ethyl adjacent to an activating group) is 1. The molecule has 2 rings (SSSR count). The van der Waals surface area contributed by atoms with Crippen LogP contribution in [0.25, 0.3) is 0 Å². The summed E-state index contributed by atoms with van der Waals surface area (Å²) in [6, 6.07) is 3.73. The third-order valence-corrected chi connectivity index (χ3v) is 3.41. The van der Waals surface area contributed by atoms with E-state index < -0.39 is 5.54 Å². The number of hydrogen-bond acceptors (Lipinski definition) is 3. The Morgan fingerprint density at radius 2 is 2.33 bits per heavy atom. The first-order chi connectivity index (χ1) is 8.12. The van der Waals surface area contributed by atoms with Crippen molar-refractivity contribution >= 4 is 18.3 Å². The normalized spacial score (nSPS) is 23.2. The second-order valence-electron chi connectivity index (χ2n) is 4.96. The molecule has 1 fully saturated rings. The van der Waals surface area contributed by atoms with Crippen LogP contribution in [0.4, 0.5) is 0 Å². The summed E-state index contributed by atoms with van der Waals surface area (Å²) < 4.78 is 5.26. The molecular weight excluding hydrogens is 252 g/mol. The van der Waals surface area contributed by atoms with Gasteiger partial charge in [0, 0.05) is 7.05 Å². The molecule has 1 aromatic rings. The van der Waals surface area contributed by atoms with Gasteiger partial charge in [-0.25, -0.2) is 0 Å². The summed E-state index contributed by atoms with van der Waals surface area (Å²) in [5, 5.41) is 3.33. The van der Waals surface area contributed by atoms with E-state index in [9.17, 15) is 4.79 Å². The molecule has 102 valence electrons. The minimum Gasteiger partial charge on any atom is -0.467 e. The molecule has 0 radical (unpaired) electrons. The lowest BCUT2D eigenvalue weighted by Crippen LogP contribution is -2.57. The van der Waals surface area contributed by atoms with Crippen LogP contribution in [0.1, 0.15) is 31.9 Å². The smallest absolute Gasteiger partial charge is 0.242 e. The summed E-state index contributed by atoms with van der Waals surface area (Å²) in [5.74, 6) is 0.967. The van der Waals surface area contributed by atoms with Crippen molar-refractivity contribution in [2.45, 2.75) is 38.3 Å². The topological polar surface area (TPSA) is 45.5 Å². The number of hydrogen-bond donors (Lipinski definition) is 1. The molecular formula is C13H21ClN2O2. The maximum atomic E-state index is 12.4. The number of furan rings is 1. The molecule has 1 aromatic heterocycles. The zero-order chi connectivity index (χ0) is 12.3. The van der Waals surface area contributed by atoms with Crippen molar-refractivity contribution in [2.75, 3.05) is 13.6 Å². The van der Waals surface area contributed by atoms with Crippen LogP contribution in [0, 0.1) is 0 Å². The summed E-state index contributed by atoms with van der Waals surface area (Å²) in [4.78, 5) is 14.1. The van der Waals surface area contributed by atoms with Gasteiger partial charge in [-0.2, -0.15) is 0 Å². The first-order valence-corrected chi connectivity index (χ1v) is 6.15. The van der Waals surface area contributed by atoms with Crippen LogP contribution in [0.5, 0.6) is 0 Å². The van der Waals surface area contributed by atoms with E-state index in [1.807, 2.05) is 26.1 Å². The van der Waals surface area contributed by atoms with Crippen molar-refractivity contribution in [2.24, 2.45) is 0 Å². The minimum absolute atomic E-state index is 0. The SMILES string of the molecule is CN(Cc1ccco1)C(=O)C1(C)CCCCN1.Cl. The molecule has 1 atom stereocenters. The molecule has 0 aromatic carbocycles. The van der Waals surface area contributed by atoms with E-state index in [4.69, 9.17) is 4.42 Å². The highest BCUT2D eigenvalue weighted by Crippen LogP contribution is 2.21. The van der Waals surface area contributed by atoms with Crippen LogP contribution >= 0.6 is 12.4 Å². The van der Waals surface area contributed by atoms with E-state index in [1.165, 1.54) is 0 Å². The van der Waals surface area contributed by atoms with Crippen molar-refractivity contribution in [3.05, 3.63) is 24.2 Å². The van der Waals surface area contributed by atoms with E-state index >= 15 is 0 Å². The standard InChI is InChI=1S/C13H20N2O2.ClH/c1-13(7-3-4-8-14-13)12(16)15(2)10-11-6-5-9-17-11;/h5-6,9,14H,3-4,7-8,10H2,1-2H3;1H. The fraction of sp³-hybridized carbons (Fsp3) is 0.615. The summed E-state index contributed by atoms with van der Waals surface area (Å²) >= 11 is 0. The van der Waals surface area contributed by atoms with Crippen molar-refractivity contribution in [3.63, 3.8) is 0 Å². The van der Waals surface area contributed by atoms with Gasteiger partial charge in [-0.1, -0.05) is 0 Å². The predicted octanol–water partition coefficient (Wildman–Crippen LogP) is 2.19. The predicted molar refractivity (Wildman–Crippen MR) is 72.7 cm³/mol. The molecule has 4 nitrogen and oxygen atoms in total. The molecule has 5 heteroatoms. The monoisotopic (exact) mass is 272 g/mol. The molecule has 18 heavy (non-hydrogen) atoms. The molecule has 1 unspecified atom stereocenters. The summed E-state index contributed by atoms with van der Waals surface area (Å²) in [6.45, 7) is 3.45. The number of carbonyl (C=O) groups is 1. The van der Waals surface area contributed by atoms with Gasteiger partial charge in [0.1, 0.15) is 5.76 Å². The fourth-order valence-corrected chi connectivity index (χ4v) is 2.37. The molecule has 1 saturated heterocycles. The molecule has 1 aliphatic rings. The van der Waals surface area contributed by atoms with Gasteiger partial charge in [0.25, 0.3) is 0 Å². The Bertz CT molecular complexity index is 372.